The lowest BCUT2D eigenvalue weighted by molar-refractivity contribution is -0.164. The smallest absolute Gasteiger partial charge is 0.437 e. The maximum absolute atomic E-state index is 15.0. The van der Waals surface area contributed by atoms with E-state index in [1.165, 1.54) is 6.07 Å². The van der Waals surface area contributed by atoms with Crippen LogP contribution in [0.25, 0.3) is 11.1 Å². The van der Waals surface area contributed by atoms with E-state index in [1.807, 2.05) is 0 Å². The summed E-state index contributed by atoms with van der Waals surface area (Å²) in [5.74, 6) is -0.415. The molecule has 2 saturated heterocycles. The van der Waals surface area contributed by atoms with Gasteiger partial charge in [0.15, 0.2) is 12.2 Å². The number of piperidine rings is 1. The third-order valence-corrected chi connectivity index (χ3v) is 6.24. The minimum absolute atomic E-state index is 0.0794. The van der Waals surface area contributed by atoms with Gasteiger partial charge < -0.3 is 35.4 Å². The van der Waals surface area contributed by atoms with Crippen LogP contribution in [0.1, 0.15) is 44.1 Å². The maximum atomic E-state index is 15.0. The second-order valence-electron chi connectivity index (χ2n) is 9.14. The van der Waals surface area contributed by atoms with Gasteiger partial charge >= 0.3 is 6.09 Å². The quantitative estimate of drug-likeness (QED) is 0.197. The van der Waals surface area contributed by atoms with Crippen molar-refractivity contribution in [2.24, 2.45) is 21.6 Å². The van der Waals surface area contributed by atoms with Gasteiger partial charge in [-0.3, -0.25) is 0 Å². The highest BCUT2D eigenvalue weighted by Crippen LogP contribution is 2.26. The van der Waals surface area contributed by atoms with Crippen LogP contribution >= 0.6 is 0 Å². The number of halogens is 1. The number of rotatable bonds is 10. The van der Waals surface area contributed by atoms with Crippen molar-refractivity contribution in [2.75, 3.05) is 37.8 Å². The van der Waals surface area contributed by atoms with Crippen molar-refractivity contribution in [3.8, 4) is 11.1 Å². The molecule has 0 aliphatic carbocycles. The van der Waals surface area contributed by atoms with Crippen molar-refractivity contribution in [2.45, 2.75) is 51.4 Å². The monoisotopic (exact) mass is 543 g/mol. The molecule has 1 atom stereocenters. The number of oxime groups is 1. The van der Waals surface area contributed by atoms with E-state index >= 15 is 4.39 Å². The number of nitrogens with zero attached hydrogens (tertiary/aromatic N) is 5. The number of aliphatic imine (C=N–C) groups is 1. The predicted molar refractivity (Wildman–Crippen MR) is 142 cm³/mol. The Morgan fingerprint density at radius 1 is 1.15 bits per heavy atom. The van der Waals surface area contributed by atoms with Crippen molar-refractivity contribution in [3.63, 3.8) is 0 Å². The number of carbonyl (C=O) groups excluding carboxylic acids is 1. The number of aromatic nitrogens is 2. The number of anilines is 1. The lowest BCUT2D eigenvalue weighted by Crippen LogP contribution is -2.35. The molecule has 1 aromatic heterocycles. The molecule has 0 saturated carbocycles. The lowest BCUT2D eigenvalue weighted by atomic mass is 10.1. The van der Waals surface area contributed by atoms with Gasteiger partial charge in [-0.25, -0.2) is 19.2 Å². The Balaban J connectivity index is 1.22. The van der Waals surface area contributed by atoms with Gasteiger partial charge in [0.25, 0.3) is 0 Å². The molecule has 12 nitrogen and oxygen atoms in total. The van der Waals surface area contributed by atoms with Gasteiger partial charge in [-0.05, 0) is 19.3 Å². The standard InChI is InChI=1S/C26H34FN7O5/c27-23-18(17-38-26(35)32-24(28)29)5-3-6-21(23)19-15-30-25(31-16-19)34-10-8-20(9-11-34)33-39-14-4-13-37-22-7-1-2-12-36-22/h3,5-6,15-16,22H,1-2,4,7-14,17H2,(H4,28,29,32,35). The zero-order valence-electron chi connectivity index (χ0n) is 21.8. The Labute approximate surface area is 226 Å². The molecule has 0 spiro atoms. The number of guanidine groups is 1. The molecule has 2 aliphatic heterocycles. The largest absolute Gasteiger partial charge is 0.443 e. The van der Waals surface area contributed by atoms with E-state index in [0.717, 1.165) is 50.8 Å². The molecule has 2 aromatic rings. The molecule has 4 N–H and O–H groups in total. The molecular weight excluding hydrogens is 509 g/mol. The van der Waals surface area contributed by atoms with E-state index in [4.69, 9.17) is 30.5 Å². The zero-order valence-corrected chi connectivity index (χ0v) is 21.8. The Morgan fingerprint density at radius 2 is 1.95 bits per heavy atom. The van der Waals surface area contributed by atoms with E-state index in [0.29, 0.717) is 43.4 Å². The Kier molecular flexibility index (Phi) is 10.4. The summed E-state index contributed by atoms with van der Waals surface area (Å²) in [6, 6.07) is 4.77. The number of carbonyl (C=O) groups is 1. The first-order valence-electron chi connectivity index (χ1n) is 13.0. The van der Waals surface area contributed by atoms with E-state index in [9.17, 15) is 4.79 Å². The molecule has 210 valence electrons. The Hall–Kier alpha value is -3.84. The summed E-state index contributed by atoms with van der Waals surface area (Å²) in [5, 5.41) is 4.28. The number of amides is 1. The van der Waals surface area contributed by atoms with Gasteiger partial charge in [-0.1, -0.05) is 23.4 Å². The van der Waals surface area contributed by atoms with Gasteiger partial charge in [-0.2, -0.15) is 0 Å². The summed E-state index contributed by atoms with van der Waals surface area (Å²) in [7, 11) is 0. The van der Waals surface area contributed by atoms with Crippen LogP contribution in [-0.4, -0.2) is 66.9 Å². The fraction of sp³-hybridized carbons (Fsp3) is 0.500. The minimum Gasteiger partial charge on any atom is -0.443 e. The van der Waals surface area contributed by atoms with E-state index in [-0.39, 0.29) is 18.5 Å². The normalized spacial score (nSPS) is 17.4. The average Bonchev–Trinajstić information content (AvgIpc) is 2.95. The van der Waals surface area contributed by atoms with E-state index < -0.39 is 17.9 Å². The first-order chi connectivity index (χ1) is 19.0. The second-order valence-corrected chi connectivity index (χ2v) is 9.14. The second kappa shape index (κ2) is 14.4. The predicted octanol–water partition coefficient (Wildman–Crippen LogP) is 3.10. The third kappa shape index (κ3) is 8.58. The Bertz CT molecular complexity index is 1140. The highest BCUT2D eigenvalue weighted by Gasteiger charge is 2.19. The Morgan fingerprint density at radius 3 is 2.67 bits per heavy atom. The number of ether oxygens (including phenoxy) is 3. The highest BCUT2D eigenvalue weighted by molar-refractivity contribution is 5.88. The molecular formula is C26H34FN7O5. The van der Waals surface area contributed by atoms with Crippen molar-refractivity contribution < 1.29 is 28.2 Å². The van der Waals surface area contributed by atoms with Gasteiger partial charge in [0.1, 0.15) is 19.0 Å². The average molecular weight is 544 g/mol. The molecule has 0 bridgehead atoms. The van der Waals surface area contributed by atoms with Crippen molar-refractivity contribution >= 4 is 23.7 Å². The molecule has 39 heavy (non-hydrogen) atoms. The summed E-state index contributed by atoms with van der Waals surface area (Å²) >= 11 is 0. The van der Waals surface area contributed by atoms with Crippen LogP contribution in [0, 0.1) is 5.82 Å². The fourth-order valence-corrected chi connectivity index (χ4v) is 4.19. The summed E-state index contributed by atoms with van der Waals surface area (Å²) in [6.07, 6.45) is 7.53. The van der Waals surface area contributed by atoms with Gasteiger partial charge in [0, 0.05) is 68.0 Å². The van der Waals surface area contributed by atoms with Crippen LogP contribution in [-0.2, 0) is 25.7 Å². The topological polar surface area (TPSA) is 160 Å². The number of hydrogen-bond donors (Lipinski definition) is 2. The van der Waals surface area contributed by atoms with Crippen molar-refractivity contribution in [1.82, 2.24) is 9.97 Å². The first-order valence-corrected chi connectivity index (χ1v) is 13.0. The molecule has 1 unspecified atom stereocenters. The van der Waals surface area contributed by atoms with E-state index in [2.05, 4.69) is 25.0 Å². The van der Waals surface area contributed by atoms with Crippen LogP contribution in [0.5, 0.6) is 0 Å². The highest BCUT2D eigenvalue weighted by atomic mass is 19.1. The van der Waals surface area contributed by atoms with Crippen LogP contribution in [0.2, 0.25) is 0 Å². The summed E-state index contributed by atoms with van der Waals surface area (Å²) in [6.45, 7) is 2.96. The van der Waals surface area contributed by atoms with Crippen molar-refractivity contribution in [3.05, 3.63) is 42.0 Å². The van der Waals surface area contributed by atoms with Crippen LogP contribution in [0.3, 0.4) is 0 Å². The summed E-state index contributed by atoms with van der Waals surface area (Å²) in [5.41, 5.74) is 12.2. The summed E-state index contributed by atoms with van der Waals surface area (Å²) < 4.78 is 31.2. The van der Waals surface area contributed by atoms with Gasteiger partial charge in [0.2, 0.25) is 5.95 Å². The molecule has 3 heterocycles. The van der Waals surface area contributed by atoms with Crippen LogP contribution < -0.4 is 16.4 Å². The fourth-order valence-electron chi connectivity index (χ4n) is 4.19. The SMILES string of the molecule is NC(N)=NC(=O)OCc1cccc(-c2cnc(N3CCC(=NOCCCOC4CCCCO4)CC3)nc2)c1F. The van der Waals surface area contributed by atoms with Crippen molar-refractivity contribution in [1.29, 1.82) is 0 Å². The molecule has 13 heteroatoms. The molecule has 1 amide bonds. The first kappa shape index (κ1) is 28.2. The minimum atomic E-state index is -0.996. The number of benzene rings is 1. The van der Waals surface area contributed by atoms with E-state index in [1.54, 1.807) is 24.5 Å². The molecule has 1 aromatic carbocycles. The molecule has 2 fully saturated rings. The molecule has 0 radical (unpaired) electrons. The molecule has 2 aliphatic rings. The van der Waals surface area contributed by atoms with Crippen LogP contribution in [0.4, 0.5) is 15.1 Å². The van der Waals surface area contributed by atoms with Gasteiger partial charge in [0.05, 0.1) is 12.3 Å². The third-order valence-electron chi connectivity index (χ3n) is 6.24. The van der Waals surface area contributed by atoms with Crippen LogP contribution in [0.15, 0.2) is 40.7 Å². The number of nitrogens with two attached hydrogens (primary N) is 2. The van der Waals surface area contributed by atoms with Gasteiger partial charge in [-0.15, -0.1) is 4.99 Å². The summed E-state index contributed by atoms with van der Waals surface area (Å²) in [4.78, 5) is 31.1. The maximum Gasteiger partial charge on any atom is 0.437 e. The number of hydrogen-bond acceptors (Lipinski definition) is 9. The zero-order chi connectivity index (χ0) is 27.5. The lowest BCUT2D eigenvalue weighted by Gasteiger charge is -2.27. The molecule has 4 rings (SSSR count).